The summed E-state index contributed by atoms with van der Waals surface area (Å²) in [4.78, 5) is 9.21. The number of H-pyrrole nitrogens is 1. The van der Waals surface area contributed by atoms with Gasteiger partial charge in [0, 0.05) is 24.3 Å². The SMILES string of the molecule is CCNC(=NCC1(C)CCCS1)NCCc1nc(-c2ccco2)n[nH]1. The molecule has 136 valence electrons. The van der Waals surface area contributed by atoms with E-state index in [4.69, 9.17) is 9.41 Å². The van der Waals surface area contributed by atoms with E-state index in [1.165, 1.54) is 18.6 Å². The maximum Gasteiger partial charge on any atom is 0.216 e. The fourth-order valence-corrected chi connectivity index (χ4v) is 4.00. The monoisotopic (exact) mass is 362 g/mol. The highest BCUT2D eigenvalue weighted by Crippen LogP contribution is 2.37. The minimum absolute atomic E-state index is 0.283. The van der Waals surface area contributed by atoms with Gasteiger partial charge >= 0.3 is 0 Å². The number of thioether (sulfide) groups is 1. The molecule has 0 aromatic carbocycles. The van der Waals surface area contributed by atoms with Gasteiger partial charge in [0.15, 0.2) is 11.7 Å². The van der Waals surface area contributed by atoms with Crippen molar-refractivity contribution in [1.29, 1.82) is 0 Å². The van der Waals surface area contributed by atoms with Crippen molar-refractivity contribution in [2.45, 2.75) is 37.9 Å². The maximum atomic E-state index is 5.31. The van der Waals surface area contributed by atoms with Crippen molar-refractivity contribution in [3.8, 4) is 11.6 Å². The van der Waals surface area contributed by atoms with Crippen LogP contribution in [-0.2, 0) is 6.42 Å². The predicted molar refractivity (Wildman–Crippen MR) is 102 cm³/mol. The van der Waals surface area contributed by atoms with Crippen molar-refractivity contribution in [3.05, 3.63) is 24.2 Å². The minimum atomic E-state index is 0.283. The van der Waals surface area contributed by atoms with E-state index in [1.54, 1.807) is 6.26 Å². The lowest BCUT2D eigenvalue weighted by Crippen LogP contribution is -2.39. The first-order chi connectivity index (χ1) is 12.2. The molecule has 0 amide bonds. The summed E-state index contributed by atoms with van der Waals surface area (Å²) in [5.41, 5.74) is 0. The second-order valence-corrected chi connectivity index (χ2v) is 8.04. The highest BCUT2D eigenvalue weighted by molar-refractivity contribution is 8.00. The molecule has 2 aromatic heterocycles. The topological polar surface area (TPSA) is 91.1 Å². The van der Waals surface area contributed by atoms with E-state index in [0.29, 0.717) is 11.6 Å². The lowest BCUT2D eigenvalue weighted by molar-refractivity contribution is 0.577. The van der Waals surface area contributed by atoms with Crippen molar-refractivity contribution in [2.24, 2.45) is 4.99 Å². The molecule has 0 aliphatic carbocycles. The third-order valence-corrected chi connectivity index (χ3v) is 5.67. The summed E-state index contributed by atoms with van der Waals surface area (Å²) < 4.78 is 5.59. The van der Waals surface area contributed by atoms with Crippen LogP contribution in [0.5, 0.6) is 0 Å². The molecule has 3 rings (SSSR count). The highest BCUT2D eigenvalue weighted by Gasteiger charge is 2.29. The van der Waals surface area contributed by atoms with Gasteiger partial charge in [-0.15, -0.1) is 0 Å². The number of furan rings is 1. The average molecular weight is 363 g/mol. The number of nitrogens with zero attached hydrogens (tertiary/aromatic N) is 3. The van der Waals surface area contributed by atoms with Crippen LogP contribution in [-0.4, -0.2) is 51.3 Å². The van der Waals surface area contributed by atoms with Crippen molar-refractivity contribution in [3.63, 3.8) is 0 Å². The van der Waals surface area contributed by atoms with Gasteiger partial charge < -0.3 is 15.1 Å². The Morgan fingerprint density at radius 2 is 2.40 bits per heavy atom. The summed E-state index contributed by atoms with van der Waals surface area (Å²) in [6.07, 6.45) is 4.90. The highest BCUT2D eigenvalue weighted by atomic mass is 32.2. The molecule has 7 nitrogen and oxygen atoms in total. The number of rotatable bonds is 7. The third kappa shape index (κ3) is 5.01. The summed E-state index contributed by atoms with van der Waals surface area (Å²) in [7, 11) is 0. The molecular formula is C17H26N6OS. The summed E-state index contributed by atoms with van der Waals surface area (Å²) >= 11 is 2.03. The molecule has 0 spiro atoms. The Balaban J connectivity index is 1.50. The summed E-state index contributed by atoms with van der Waals surface area (Å²) in [6.45, 7) is 6.82. The van der Waals surface area contributed by atoms with Gasteiger partial charge in [0.25, 0.3) is 0 Å². The van der Waals surface area contributed by atoms with Gasteiger partial charge in [-0.1, -0.05) is 0 Å². The predicted octanol–water partition coefficient (Wildman–Crippen LogP) is 2.45. The number of aliphatic imine (C=N–C) groups is 1. The first-order valence-electron chi connectivity index (χ1n) is 8.80. The van der Waals surface area contributed by atoms with E-state index in [2.05, 4.69) is 39.7 Å². The van der Waals surface area contributed by atoms with Gasteiger partial charge in [0.05, 0.1) is 12.8 Å². The summed E-state index contributed by atoms with van der Waals surface area (Å²) in [6, 6.07) is 3.68. The number of aromatic nitrogens is 3. The van der Waals surface area contributed by atoms with Gasteiger partial charge in [-0.05, 0) is 44.6 Å². The van der Waals surface area contributed by atoms with E-state index in [9.17, 15) is 0 Å². The zero-order valence-corrected chi connectivity index (χ0v) is 15.7. The summed E-state index contributed by atoms with van der Waals surface area (Å²) in [5, 5.41) is 13.8. The lowest BCUT2D eigenvalue weighted by Gasteiger charge is -2.21. The maximum absolute atomic E-state index is 5.31. The van der Waals surface area contributed by atoms with Crippen LogP contribution in [0.1, 0.15) is 32.5 Å². The zero-order valence-electron chi connectivity index (χ0n) is 14.8. The molecular weight excluding hydrogens is 336 g/mol. The number of hydrogen-bond acceptors (Lipinski definition) is 5. The van der Waals surface area contributed by atoms with Gasteiger partial charge in [-0.3, -0.25) is 10.1 Å². The smallest absolute Gasteiger partial charge is 0.216 e. The number of guanidine groups is 1. The Morgan fingerprint density at radius 3 is 3.12 bits per heavy atom. The van der Waals surface area contributed by atoms with Crippen molar-refractivity contribution in [2.75, 3.05) is 25.4 Å². The molecule has 1 aliphatic heterocycles. The van der Waals surface area contributed by atoms with Crippen molar-refractivity contribution < 1.29 is 4.42 Å². The lowest BCUT2D eigenvalue weighted by atomic mass is 10.1. The van der Waals surface area contributed by atoms with Crippen molar-refractivity contribution >= 4 is 17.7 Å². The Labute approximate surface area is 152 Å². The van der Waals surface area contributed by atoms with Crippen molar-refractivity contribution in [1.82, 2.24) is 25.8 Å². The molecule has 1 fully saturated rings. The molecule has 0 radical (unpaired) electrons. The van der Waals surface area contributed by atoms with Gasteiger partial charge in [0.2, 0.25) is 5.82 Å². The standard InChI is InChI=1S/C17H26N6OS/c1-3-18-16(20-12-17(2)8-5-11-25-17)19-9-7-14-21-15(23-22-14)13-6-4-10-24-13/h4,6,10H,3,5,7-9,11-12H2,1-2H3,(H2,18,19,20)(H,21,22,23). The molecule has 0 bridgehead atoms. The van der Waals surface area contributed by atoms with Crippen LogP contribution in [0.15, 0.2) is 27.8 Å². The van der Waals surface area contributed by atoms with Crippen LogP contribution in [0.2, 0.25) is 0 Å². The molecule has 1 saturated heterocycles. The fraction of sp³-hybridized carbons (Fsp3) is 0.588. The molecule has 1 atom stereocenters. The molecule has 3 heterocycles. The van der Waals surface area contributed by atoms with Crippen LogP contribution < -0.4 is 10.6 Å². The van der Waals surface area contributed by atoms with Crippen LogP contribution in [0.3, 0.4) is 0 Å². The molecule has 8 heteroatoms. The quantitative estimate of drug-likeness (QED) is 0.518. The molecule has 25 heavy (non-hydrogen) atoms. The molecule has 1 unspecified atom stereocenters. The zero-order chi connectivity index (χ0) is 17.5. The number of aromatic amines is 1. The normalized spacial score (nSPS) is 20.8. The third-order valence-electron chi connectivity index (χ3n) is 4.14. The van der Waals surface area contributed by atoms with Crippen LogP contribution in [0.25, 0.3) is 11.6 Å². The van der Waals surface area contributed by atoms with E-state index in [-0.39, 0.29) is 4.75 Å². The van der Waals surface area contributed by atoms with E-state index in [0.717, 1.165) is 37.8 Å². The second-order valence-electron chi connectivity index (χ2n) is 6.36. The molecule has 0 saturated carbocycles. The largest absolute Gasteiger partial charge is 0.461 e. The Morgan fingerprint density at radius 1 is 1.48 bits per heavy atom. The van der Waals surface area contributed by atoms with Crippen LogP contribution >= 0.6 is 11.8 Å². The van der Waals surface area contributed by atoms with Crippen LogP contribution in [0.4, 0.5) is 0 Å². The molecule has 1 aliphatic rings. The van der Waals surface area contributed by atoms with Gasteiger partial charge in [-0.25, -0.2) is 4.98 Å². The second kappa shape index (κ2) is 8.42. The first kappa shape index (κ1) is 17.8. The van der Waals surface area contributed by atoms with E-state index in [1.807, 2.05) is 23.9 Å². The fourth-order valence-electron chi connectivity index (χ4n) is 2.77. The average Bonchev–Trinajstić information content (AvgIpc) is 3.34. The van der Waals surface area contributed by atoms with E-state index >= 15 is 0 Å². The summed E-state index contributed by atoms with van der Waals surface area (Å²) in [5.74, 6) is 4.20. The number of nitrogens with one attached hydrogen (secondary N) is 3. The van der Waals surface area contributed by atoms with Crippen LogP contribution in [0, 0.1) is 0 Å². The molecule has 3 N–H and O–H groups in total. The minimum Gasteiger partial charge on any atom is -0.461 e. The van der Waals surface area contributed by atoms with E-state index < -0.39 is 0 Å². The van der Waals surface area contributed by atoms with Gasteiger partial charge in [0.1, 0.15) is 5.82 Å². The number of hydrogen-bond donors (Lipinski definition) is 3. The molecule has 2 aromatic rings. The first-order valence-corrected chi connectivity index (χ1v) is 9.78. The Hall–Kier alpha value is -1.96. The Bertz CT molecular complexity index is 675. The Kier molecular flexibility index (Phi) is 6.01. The van der Waals surface area contributed by atoms with Gasteiger partial charge in [-0.2, -0.15) is 16.9 Å².